The van der Waals surface area contributed by atoms with Crippen molar-refractivity contribution in [3.8, 4) is 5.75 Å². The van der Waals surface area contributed by atoms with Crippen molar-refractivity contribution >= 4 is 11.8 Å². The first-order valence-corrected chi connectivity index (χ1v) is 10.0. The molecule has 2 heterocycles. The lowest BCUT2D eigenvalue weighted by Crippen LogP contribution is -2.32. The minimum Gasteiger partial charge on any atom is -0.489 e. The molecule has 0 aliphatic carbocycles. The first-order valence-electron chi connectivity index (χ1n) is 10.0. The van der Waals surface area contributed by atoms with Gasteiger partial charge in [-0.2, -0.15) is 0 Å². The van der Waals surface area contributed by atoms with Crippen molar-refractivity contribution in [1.29, 1.82) is 0 Å². The van der Waals surface area contributed by atoms with Crippen LogP contribution in [0.5, 0.6) is 5.75 Å². The maximum absolute atomic E-state index is 12.6. The van der Waals surface area contributed by atoms with Gasteiger partial charge in [-0.25, -0.2) is 0 Å². The summed E-state index contributed by atoms with van der Waals surface area (Å²) in [5.41, 5.74) is 2.03. The Hall–Kier alpha value is -3.54. The quantitative estimate of drug-likeness (QED) is 0.624. The Morgan fingerprint density at radius 2 is 1.90 bits per heavy atom. The molecule has 2 amide bonds. The molecular formula is C24H24N2O4. The molecular weight excluding hydrogens is 380 g/mol. The molecule has 6 heteroatoms. The molecule has 0 saturated carbocycles. The molecule has 1 aliphatic rings. The third-order valence-electron chi connectivity index (χ3n) is 5.12. The fourth-order valence-electron chi connectivity index (χ4n) is 3.54. The monoisotopic (exact) mass is 404 g/mol. The predicted octanol–water partition coefficient (Wildman–Crippen LogP) is 3.52. The SMILES string of the molecule is O=C(NCc1cccc(COc2ccccc2)c1)C1CC(=O)N(Cc2ccco2)C1. The summed E-state index contributed by atoms with van der Waals surface area (Å²) < 4.78 is 11.1. The molecule has 0 spiro atoms. The van der Waals surface area contributed by atoms with Gasteiger partial charge in [-0.05, 0) is 35.4 Å². The number of hydrogen-bond acceptors (Lipinski definition) is 4. The van der Waals surface area contributed by atoms with Crippen LogP contribution in [-0.4, -0.2) is 23.3 Å². The summed E-state index contributed by atoms with van der Waals surface area (Å²) in [6, 6.07) is 21.2. The van der Waals surface area contributed by atoms with Gasteiger partial charge in [-0.15, -0.1) is 0 Å². The van der Waals surface area contributed by atoms with Crippen LogP contribution in [0.1, 0.15) is 23.3 Å². The van der Waals surface area contributed by atoms with E-state index in [1.807, 2.05) is 60.7 Å². The van der Waals surface area contributed by atoms with Gasteiger partial charge in [-0.3, -0.25) is 9.59 Å². The maximum atomic E-state index is 12.6. The van der Waals surface area contributed by atoms with Crippen LogP contribution in [0.15, 0.2) is 77.4 Å². The Morgan fingerprint density at radius 1 is 1.07 bits per heavy atom. The van der Waals surface area contributed by atoms with Crippen LogP contribution >= 0.6 is 0 Å². The number of furan rings is 1. The molecule has 6 nitrogen and oxygen atoms in total. The number of carbonyl (C=O) groups excluding carboxylic acids is 2. The zero-order valence-electron chi connectivity index (χ0n) is 16.6. The van der Waals surface area contributed by atoms with Gasteiger partial charge in [0.15, 0.2) is 0 Å². The van der Waals surface area contributed by atoms with E-state index < -0.39 is 0 Å². The lowest BCUT2D eigenvalue weighted by Gasteiger charge is -2.15. The Balaban J connectivity index is 1.27. The van der Waals surface area contributed by atoms with E-state index in [0.29, 0.717) is 26.2 Å². The van der Waals surface area contributed by atoms with E-state index in [-0.39, 0.29) is 24.2 Å². The van der Waals surface area contributed by atoms with Crippen LogP contribution in [0.4, 0.5) is 0 Å². The van der Waals surface area contributed by atoms with E-state index in [1.54, 1.807) is 17.2 Å². The second-order valence-electron chi connectivity index (χ2n) is 7.39. The fraction of sp³-hybridized carbons (Fsp3) is 0.250. The molecule has 1 aromatic heterocycles. The largest absolute Gasteiger partial charge is 0.489 e. The number of benzene rings is 2. The summed E-state index contributed by atoms with van der Waals surface area (Å²) in [4.78, 5) is 26.5. The predicted molar refractivity (Wildman–Crippen MR) is 111 cm³/mol. The molecule has 2 aromatic carbocycles. The van der Waals surface area contributed by atoms with Gasteiger partial charge in [-0.1, -0.05) is 42.5 Å². The highest BCUT2D eigenvalue weighted by Crippen LogP contribution is 2.21. The molecule has 154 valence electrons. The van der Waals surface area contributed by atoms with E-state index >= 15 is 0 Å². The van der Waals surface area contributed by atoms with Crippen molar-refractivity contribution < 1.29 is 18.7 Å². The molecule has 4 rings (SSSR count). The Kier molecular flexibility index (Phi) is 6.13. The zero-order valence-corrected chi connectivity index (χ0v) is 16.6. The number of likely N-dealkylation sites (tertiary alicyclic amines) is 1. The number of nitrogens with one attached hydrogen (secondary N) is 1. The Labute approximate surface area is 175 Å². The maximum Gasteiger partial charge on any atom is 0.225 e. The number of carbonyl (C=O) groups is 2. The van der Waals surface area contributed by atoms with Crippen molar-refractivity contribution in [2.24, 2.45) is 5.92 Å². The second-order valence-corrected chi connectivity index (χ2v) is 7.39. The van der Waals surface area contributed by atoms with E-state index in [4.69, 9.17) is 9.15 Å². The third-order valence-corrected chi connectivity index (χ3v) is 5.12. The molecule has 0 radical (unpaired) electrons. The molecule has 0 bridgehead atoms. The van der Waals surface area contributed by atoms with Crippen molar-refractivity contribution in [2.75, 3.05) is 6.54 Å². The van der Waals surface area contributed by atoms with E-state index in [2.05, 4.69) is 5.32 Å². The minimum atomic E-state index is -0.336. The third kappa shape index (κ3) is 5.08. The van der Waals surface area contributed by atoms with Gasteiger partial charge in [0.1, 0.15) is 18.1 Å². The molecule has 3 aromatic rings. The molecule has 1 fully saturated rings. The van der Waals surface area contributed by atoms with E-state index in [9.17, 15) is 9.59 Å². The minimum absolute atomic E-state index is 0.0217. The zero-order chi connectivity index (χ0) is 20.8. The van der Waals surface area contributed by atoms with Crippen LogP contribution in [-0.2, 0) is 29.3 Å². The number of rotatable bonds is 8. The molecule has 1 N–H and O–H groups in total. The van der Waals surface area contributed by atoms with Crippen LogP contribution in [0.25, 0.3) is 0 Å². The Bertz CT molecular complexity index is 985. The molecule has 1 atom stereocenters. The van der Waals surface area contributed by atoms with E-state index in [0.717, 1.165) is 22.6 Å². The first-order chi connectivity index (χ1) is 14.7. The summed E-state index contributed by atoms with van der Waals surface area (Å²) in [6.07, 6.45) is 1.82. The normalized spacial score (nSPS) is 15.9. The molecule has 1 unspecified atom stereocenters. The van der Waals surface area contributed by atoms with Crippen LogP contribution in [0.2, 0.25) is 0 Å². The molecule has 1 saturated heterocycles. The highest BCUT2D eigenvalue weighted by molar-refractivity contribution is 5.89. The Morgan fingerprint density at radius 3 is 2.70 bits per heavy atom. The summed E-state index contributed by atoms with van der Waals surface area (Å²) in [5, 5.41) is 2.96. The summed E-state index contributed by atoms with van der Waals surface area (Å²) in [7, 11) is 0. The van der Waals surface area contributed by atoms with Gasteiger partial charge in [0.2, 0.25) is 11.8 Å². The van der Waals surface area contributed by atoms with Gasteiger partial charge in [0.05, 0.1) is 18.7 Å². The number of ether oxygens (including phenoxy) is 1. The first kappa shape index (κ1) is 19.8. The average molecular weight is 404 g/mol. The number of para-hydroxylation sites is 1. The highest BCUT2D eigenvalue weighted by atomic mass is 16.5. The van der Waals surface area contributed by atoms with Crippen molar-refractivity contribution in [3.05, 3.63) is 89.9 Å². The average Bonchev–Trinajstić information content (AvgIpc) is 3.42. The summed E-state index contributed by atoms with van der Waals surface area (Å²) in [5.74, 6) is 1.08. The number of hydrogen-bond donors (Lipinski definition) is 1. The highest BCUT2D eigenvalue weighted by Gasteiger charge is 2.34. The van der Waals surface area contributed by atoms with Gasteiger partial charge in [0, 0.05) is 19.5 Å². The smallest absolute Gasteiger partial charge is 0.225 e. The number of amides is 2. The lowest BCUT2D eigenvalue weighted by atomic mass is 10.1. The standard InChI is InChI=1S/C24H24N2O4/c27-23-13-20(15-26(23)16-22-10-5-11-29-22)24(28)25-14-18-6-4-7-19(12-18)17-30-21-8-2-1-3-9-21/h1-12,20H,13-17H2,(H,25,28). The van der Waals surface area contributed by atoms with Crippen LogP contribution in [0.3, 0.4) is 0 Å². The van der Waals surface area contributed by atoms with Crippen molar-refractivity contribution in [1.82, 2.24) is 10.2 Å². The van der Waals surface area contributed by atoms with Gasteiger partial charge in [0.25, 0.3) is 0 Å². The van der Waals surface area contributed by atoms with Gasteiger partial charge < -0.3 is 19.4 Å². The van der Waals surface area contributed by atoms with Crippen molar-refractivity contribution in [2.45, 2.75) is 26.1 Å². The van der Waals surface area contributed by atoms with Gasteiger partial charge >= 0.3 is 0 Å². The summed E-state index contributed by atoms with van der Waals surface area (Å²) in [6.45, 7) is 1.70. The van der Waals surface area contributed by atoms with E-state index in [1.165, 1.54) is 0 Å². The van der Waals surface area contributed by atoms with Crippen LogP contribution in [0, 0.1) is 5.92 Å². The summed E-state index contributed by atoms with van der Waals surface area (Å²) >= 11 is 0. The topological polar surface area (TPSA) is 71.8 Å². The molecule has 1 aliphatic heterocycles. The van der Waals surface area contributed by atoms with Crippen molar-refractivity contribution in [3.63, 3.8) is 0 Å². The van der Waals surface area contributed by atoms with Crippen LogP contribution < -0.4 is 10.1 Å². The fourth-order valence-corrected chi connectivity index (χ4v) is 3.54. The lowest BCUT2D eigenvalue weighted by molar-refractivity contribution is -0.129. The molecule has 30 heavy (non-hydrogen) atoms. The second kappa shape index (κ2) is 9.31. The number of nitrogens with zero attached hydrogens (tertiary/aromatic N) is 1.